The van der Waals surface area contributed by atoms with E-state index in [0.717, 1.165) is 25.6 Å². The van der Waals surface area contributed by atoms with Crippen molar-refractivity contribution in [3.8, 4) is 0 Å². The Morgan fingerprint density at radius 3 is 1.10 bits per heavy atom. The fourth-order valence-corrected chi connectivity index (χ4v) is 10.7. The van der Waals surface area contributed by atoms with Gasteiger partial charge in [0.05, 0.1) is 34.6 Å². The molecule has 0 heterocycles. The Hall–Kier alpha value is -7.88. The normalized spacial score (nSPS) is 20.3. The number of hydrogen-bond donors (Lipinski definition) is 9. The van der Waals surface area contributed by atoms with Crippen LogP contribution in [0.25, 0.3) is 0 Å². The Bertz CT molecular complexity index is 3610. The quantitative estimate of drug-likeness (QED) is 0.0554. The Kier molecular flexibility index (Phi) is 22.5. The smallest absolute Gasteiger partial charge is 0.314 e. The first-order chi connectivity index (χ1) is 40.9. The van der Waals surface area contributed by atoms with E-state index < -0.39 is 46.4 Å². The second-order valence-corrected chi connectivity index (χ2v) is 23.3. The number of amides is 4. The third kappa shape index (κ3) is 17.2. The maximum absolute atomic E-state index is 13.1. The van der Waals surface area contributed by atoms with E-state index in [1.54, 1.807) is 78.9 Å². The molecule has 11 rings (SSSR count). The van der Waals surface area contributed by atoms with Crippen molar-refractivity contribution >= 4 is 107 Å². The lowest BCUT2D eigenvalue weighted by Crippen LogP contribution is -2.53. The minimum absolute atomic E-state index is 0.174. The topological polar surface area (TPSA) is 254 Å². The highest BCUT2D eigenvalue weighted by Gasteiger charge is 2.53. The number of carboxylic acid groups (broad SMARTS) is 1. The Labute approximate surface area is 520 Å². The van der Waals surface area contributed by atoms with Crippen LogP contribution in [-0.4, -0.2) is 68.3 Å². The molecule has 0 saturated heterocycles. The number of nitrogens with one attached hydrogen (secondary N) is 3. The molecule has 446 valence electrons. The molecule has 3 saturated carbocycles. The number of rotatable bonds is 11. The second kappa shape index (κ2) is 29.5. The average molecular weight is 1340 g/mol. The highest BCUT2D eigenvalue weighted by atomic mass is 79.9. The summed E-state index contributed by atoms with van der Waals surface area (Å²) in [6.07, 6.45) is 0.452. The van der Waals surface area contributed by atoms with Gasteiger partial charge in [-0.3, -0.25) is 24.0 Å². The molecule has 0 spiro atoms. The molecule has 86 heavy (non-hydrogen) atoms. The summed E-state index contributed by atoms with van der Waals surface area (Å²) in [6.45, 7) is 0. The van der Waals surface area contributed by atoms with Crippen molar-refractivity contribution in [1.82, 2.24) is 0 Å². The number of carboxylic acids is 1. The number of hydrogen-bond acceptors (Lipinski definition) is 9. The molecule has 0 aromatic heterocycles. The molecule has 0 bridgehead atoms. The van der Waals surface area contributed by atoms with Gasteiger partial charge in [0.25, 0.3) is 5.91 Å². The van der Waals surface area contributed by atoms with Gasteiger partial charge in [0.2, 0.25) is 17.7 Å². The number of anilines is 4. The minimum atomic E-state index is -0.886. The third-order valence-corrected chi connectivity index (χ3v) is 16.1. The number of primary amides is 1. The number of nitrogens with two attached hydrogens (primary N) is 2. The van der Waals surface area contributed by atoms with Gasteiger partial charge in [0, 0.05) is 52.9 Å². The average Bonchev–Trinajstić information content (AvgIpc) is 0.998. The maximum Gasteiger partial charge on any atom is 0.314 e. The van der Waals surface area contributed by atoms with Crippen LogP contribution < -0.4 is 27.4 Å². The number of aliphatic carboxylic acids is 1. The molecule has 14 nitrogen and oxygen atoms in total. The minimum Gasteiger partial charge on any atom is -0.481 e. The van der Waals surface area contributed by atoms with Crippen molar-refractivity contribution in [2.75, 3.05) is 21.7 Å². The highest BCUT2D eigenvalue weighted by Crippen LogP contribution is 2.47. The van der Waals surface area contributed by atoms with Gasteiger partial charge in [0.15, 0.2) is 0 Å². The Morgan fingerprint density at radius 2 is 0.767 bits per heavy atom. The zero-order chi connectivity index (χ0) is 62.3. The van der Waals surface area contributed by atoms with Crippen LogP contribution in [0.2, 0.25) is 10.0 Å². The molecule has 11 N–H and O–H groups in total. The van der Waals surface area contributed by atoms with Crippen LogP contribution in [0.5, 0.6) is 0 Å². The predicted molar refractivity (Wildman–Crippen MR) is 333 cm³/mol. The predicted octanol–water partition coefficient (Wildman–Crippen LogP) is 13.2. The van der Waals surface area contributed by atoms with Gasteiger partial charge < -0.3 is 47.8 Å². The van der Waals surface area contributed by atoms with Crippen LogP contribution in [0.15, 0.2) is 203 Å². The largest absolute Gasteiger partial charge is 0.481 e. The summed E-state index contributed by atoms with van der Waals surface area (Å²) in [5.74, 6) is -3.02. The molecular weight excluding hydrogens is 1280 g/mol. The molecule has 3 fully saturated rings. The standard InChI is InChI=1S/C24H20ClFN2O3.C17H15BrFNO2.C11H11BrO3.C7H6ClNO.C6H6FN/c25-17-3-1-2-15(12-17)22(30)27-19-8-4-16(5-9-19)24(13-21(29)14-24)23(31)28-20-10-6-18(26)7-11-20;18-12-3-1-11(2-4-12)17(9-15(21)10-17)16(22)20-14-7-5-13(19)6-8-14;12-8-3-1-7(2-4-8)11(10(14)15)5-9(13)6-11;8-6-3-1-2-5(4-6)7(9)10;7-5-1-3-6(8)4-2-5/h1-12,21,29H,13-14H2,(H,27,30)(H,28,31);1-8,15,21H,9-10H2,(H,20,22);1-4,9,13H,5-6H2,(H,14,15);1-4H,(H2,9,10);1-4H,8H2. The number of halogens is 7. The van der Waals surface area contributed by atoms with Gasteiger partial charge in [0.1, 0.15) is 17.5 Å². The zero-order valence-corrected chi connectivity index (χ0v) is 50.3. The summed E-state index contributed by atoms with van der Waals surface area (Å²) >= 11 is 18.2. The van der Waals surface area contributed by atoms with Crippen LogP contribution in [0.4, 0.5) is 35.9 Å². The number of carbonyl (C=O) groups excluding carboxylic acids is 4. The zero-order valence-electron chi connectivity index (χ0n) is 45.6. The molecule has 8 aromatic rings. The summed E-state index contributed by atoms with van der Waals surface area (Å²) in [6, 6.07) is 51.8. The van der Waals surface area contributed by atoms with E-state index >= 15 is 0 Å². The van der Waals surface area contributed by atoms with Gasteiger partial charge in [-0.25, -0.2) is 13.2 Å². The third-order valence-electron chi connectivity index (χ3n) is 14.5. The molecule has 0 unspecified atom stereocenters. The Balaban J connectivity index is 0.000000167. The summed E-state index contributed by atoms with van der Waals surface area (Å²) in [7, 11) is 0. The van der Waals surface area contributed by atoms with E-state index in [2.05, 4.69) is 47.8 Å². The number of aliphatic hydroxyl groups is 3. The number of carbonyl (C=O) groups is 5. The fraction of sp³-hybridized carbons (Fsp3) is 0.185. The van der Waals surface area contributed by atoms with Crippen molar-refractivity contribution in [1.29, 1.82) is 0 Å². The van der Waals surface area contributed by atoms with Gasteiger partial charge in [-0.1, -0.05) is 104 Å². The van der Waals surface area contributed by atoms with Gasteiger partial charge in [-0.05, 0) is 201 Å². The summed E-state index contributed by atoms with van der Waals surface area (Å²) in [4.78, 5) is 59.9. The summed E-state index contributed by atoms with van der Waals surface area (Å²) in [5, 5.41) is 47.5. The lowest BCUT2D eigenvalue weighted by Gasteiger charge is -2.44. The van der Waals surface area contributed by atoms with E-state index in [9.17, 15) is 57.6 Å². The van der Waals surface area contributed by atoms with Crippen LogP contribution in [-0.2, 0) is 30.6 Å². The summed E-state index contributed by atoms with van der Waals surface area (Å²) in [5.41, 5.74) is 13.2. The molecule has 21 heteroatoms. The van der Waals surface area contributed by atoms with Crippen molar-refractivity contribution in [3.63, 3.8) is 0 Å². The van der Waals surface area contributed by atoms with E-state index in [-0.39, 0.29) is 48.0 Å². The SMILES string of the molecule is NC(=O)c1cccc(Cl)c1.Nc1ccc(F)cc1.O=C(Nc1ccc(C2(C(=O)Nc3ccc(F)cc3)CC(O)C2)cc1)c1cccc(Cl)c1.O=C(Nc1ccc(F)cc1)C1(c2ccc(Br)cc2)CC(O)C1.O=C(O)C1(c2ccc(Br)cc2)CC(O)C1. The molecule has 8 aromatic carbocycles. The molecule has 0 radical (unpaired) electrons. The first kappa shape index (κ1) is 65.7. The molecular formula is C65H58Br2Cl2F3N5O9. The lowest BCUT2D eigenvalue weighted by atomic mass is 9.62. The highest BCUT2D eigenvalue weighted by molar-refractivity contribution is 9.10. The molecule has 0 atom stereocenters. The van der Waals surface area contributed by atoms with Crippen molar-refractivity contribution in [3.05, 3.63) is 258 Å². The van der Waals surface area contributed by atoms with Crippen LogP contribution in [0, 0.1) is 17.5 Å². The fourth-order valence-electron chi connectivity index (χ4n) is 9.79. The monoisotopic (exact) mass is 1340 g/mol. The van der Waals surface area contributed by atoms with Crippen LogP contribution >= 0.6 is 55.1 Å². The van der Waals surface area contributed by atoms with Crippen molar-refractivity contribution in [2.45, 2.75) is 73.1 Å². The van der Waals surface area contributed by atoms with Crippen LogP contribution in [0.3, 0.4) is 0 Å². The summed E-state index contributed by atoms with van der Waals surface area (Å²) < 4.78 is 40.0. The number of aliphatic hydroxyl groups excluding tert-OH is 3. The van der Waals surface area contributed by atoms with Crippen molar-refractivity contribution in [2.24, 2.45) is 5.73 Å². The van der Waals surface area contributed by atoms with E-state index in [0.29, 0.717) is 69.6 Å². The molecule has 3 aliphatic carbocycles. The van der Waals surface area contributed by atoms with Crippen molar-refractivity contribution < 1.29 is 57.6 Å². The van der Waals surface area contributed by atoms with Gasteiger partial charge in [-0.2, -0.15) is 0 Å². The van der Waals surface area contributed by atoms with Crippen LogP contribution in [0.1, 0.15) is 75.9 Å². The van der Waals surface area contributed by atoms with E-state index in [1.807, 2.05) is 36.4 Å². The van der Waals surface area contributed by atoms with E-state index in [4.69, 9.17) is 34.7 Å². The molecule has 4 amide bonds. The van der Waals surface area contributed by atoms with E-state index in [1.165, 1.54) is 78.9 Å². The first-order valence-corrected chi connectivity index (χ1v) is 28.9. The molecule has 0 aliphatic heterocycles. The molecule has 3 aliphatic rings. The first-order valence-electron chi connectivity index (χ1n) is 26.6. The number of benzene rings is 8. The lowest BCUT2D eigenvalue weighted by molar-refractivity contribution is -0.153. The van der Waals surface area contributed by atoms with Gasteiger partial charge in [-0.15, -0.1) is 0 Å². The maximum atomic E-state index is 13.1. The Morgan fingerprint density at radius 1 is 0.453 bits per heavy atom. The number of nitrogen functional groups attached to an aromatic ring is 1. The van der Waals surface area contributed by atoms with Gasteiger partial charge >= 0.3 is 5.97 Å². The second-order valence-electron chi connectivity index (χ2n) is 20.6.